The van der Waals surface area contributed by atoms with E-state index < -0.39 is 47.9 Å². The number of amides is 3. The SMILES string of the molecule is CSCCC(NC(=O)C(Cc1ccccc1)NC(=O)C(CS)NC(=O)C(N)Cc1cnc[nH]1)C(=O)O. The van der Waals surface area contributed by atoms with Crippen molar-refractivity contribution in [2.24, 2.45) is 5.73 Å². The van der Waals surface area contributed by atoms with Gasteiger partial charge >= 0.3 is 5.97 Å². The fraction of sp³-hybridized carbons (Fsp3) is 0.435. The van der Waals surface area contributed by atoms with Crippen LogP contribution in [-0.2, 0) is 32.0 Å². The average Bonchev–Trinajstić information content (AvgIpc) is 3.37. The second-order valence-corrected chi connectivity index (χ2v) is 9.41. The second kappa shape index (κ2) is 15.2. The summed E-state index contributed by atoms with van der Waals surface area (Å²) in [7, 11) is 0. The van der Waals surface area contributed by atoms with E-state index in [4.69, 9.17) is 5.73 Å². The Morgan fingerprint density at radius 1 is 1.03 bits per heavy atom. The van der Waals surface area contributed by atoms with E-state index in [1.54, 1.807) is 30.5 Å². The van der Waals surface area contributed by atoms with Crippen molar-refractivity contribution >= 4 is 48.1 Å². The first-order chi connectivity index (χ1) is 17.2. The summed E-state index contributed by atoms with van der Waals surface area (Å²) < 4.78 is 0. The van der Waals surface area contributed by atoms with Crippen LogP contribution in [0.15, 0.2) is 42.9 Å². The van der Waals surface area contributed by atoms with Crippen LogP contribution in [0, 0.1) is 0 Å². The first kappa shape index (κ1) is 29.2. The van der Waals surface area contributed by atoms with Gasteiger partial charge in [0.15, 0.2) is 0 Å². The van der Waals surface area contributed by atoms with E-state index in [1.165, 1.54) is 18.1 Å². The molecule has 2 rings (SSSR count). The molecule has 1 aromatic carbocycles. The van der Waals surface area contributed by atoms with Crippen molar-refractivity contribution in [3.05, 3.63) is 54.1 Å². The smallest absolute Gasteiger partial charge is 0.326 e. The fourth-order valence-electron chi connectivity index (χ4n) is 3.30. The molecule has 196 valence electrons. The molecule has 0 aliphatic heterocycles. The summed E-state index contributed by atoms with van der Waals surface area (Å²) >= 11 is 5.63. The van der Waals surface area contributed by atoms with E-state index in [2.05, 4.69) is 38.5 Å². The molecule has 0 spiro atoms. The van der Waals surface area contributed by atoms with Gasteiger partial charge in [0.05, 0.1) is 12.4 Å². The number of carbonyl (C=O) groups is 4. The molecule has 4 unspecified atom stereocenters. The highest BCUT2D eigenvalue weighted by atomic mass is 32.2. The predicted molar refractivity (Wildman–Crippen MR) is 141 cm³/mol. The number of H-pyrrole nitrogens is 1. The molecule has 13 heteroatoms. The van der Waals surface area contributed by atoms with Crippen LogP contribution < -0.4 is 21.7 Å². The fourth-order valence-corrected chi connectivity index (χ4v) is 4.02. The van der Waals surface area contributed by atoms with Gasteiger partial charge in [0.1, 0.15) is 18.1 Å². The van der Waals surface area contributed by atoms with Gasteiger partial charge in [-0.1, -0.05) is 30.3 Å². The number of nitrogens with zero attached hydrogens (tertiary/aromatic N) is 1. The van der Waals surface area contributed by atoms with Gasteiger partial charge in [-0.15, -0.1) is 0 Å². The van der Waals surface area contributed by atoms with Crippen molar-refractivity contribution in [3.8, 4) is 0 Å². The molecule has 0 aliphatic carbocycles. The lowest BCUT2D eigenvalue weighted by Gasteiger charge is -2.24. The molecule has 7 N–H and O–H groups in total. The van der Waals surface area contributed by atoms with Gasteiger partial charge in [-0.3, -0.25) is 14.4 Å². The normalized spacial score (nSPS) is 14.2. The minimum atomic E-state index is -1.16. The first-order valence-corrected chi connectivity index (χ1v) is 13.3. The van der Waals surface area contributed by atoms with Crippen molar-refractivity contribution in [3.63, 3.8) is 0 Å². The Balaban J connectivity index is 2.10. The van der Waals surface area contributed by atoms with Crippen molar-refractivity contribution in [2.45, 2.75) is 43.4 Å². The van der Waals surface area contributed by atoms with E-state index in [1.807, 2.05) is 12.3 Å². The summed E-state index contributed by atoms with van der Waals surface area (Å²) in [6, 6.07) is 4.82. The average molecular weight is 537 g/mol. The third-order valence-electron chi connectivity index (χ3n) is 5.29. The largest absolute Gasteiger partial charge is 0.480 e. The number of aliphatic carboxylic acids is 1. The molecule has 36 heavy (non-hydrogen) atoms. The molecule has 3 amide bonds. The van der Waals surface area contributed by atoms with Gasteiger partial charge < -0.3 is 31.8 Å². The minimum Gasteiger partial charge on any atom is -0.480 e. The van der Waals surface area contributed by atoms with Crippen LogP contribution in [-0.4, -0.2) is 80.7 Å². The number of carboxylic acids is 1. The Morgan fingerprint density at radius 2 is 1.67 bits per heavy atom. The molecule has 1 aromatic heterocycles. The van der Waals surface area contributed by atoms with E-state index >= 15 is 0 Å². The molecular weight excluding hydrogens is 504 g/mol. The molecule has 1 heterocycles. The first-order valence-electron chi connectivity index (χ1n) is 11.3. The molecule has 4 atom stereocenters. The van der Waals surface area contributed by atoms with Crippen LogP contribution in [0.1, 0.15) is 17.7 Å². The highest BCUT2D eigenvalue weighted by Gasteiger charge is 2.30. The number of thioether (sulfide) groups is 1. The van der Waals surface area contributed by atoms with Gasteiger partial charge in [-0.25, -0.2) is 9.78 Å². The van der Waals surface area contributed by atoms with Gasteiger partial charge in [0.2, 0.25) is 17.7 Å². The third-order valence-corrected chi connectivity index (χ3v) is 6.30. The Morgan fingerprint density at radius 3 is 2.25 bits per heavy atom. The number of imidazole rings is 1. The van der Waals surface area contributed by atoms with Crippen LogP contribution >= 0.6 is 24.4 Å². The summed E-state index contributed by atoms with van der Waals surface area (Å²) in [5.74, 6) is -2.50. The quantitative estimate of drug-likeness (QED) is 0.152. The molecule has 0 fully saturated rings. The van der Waals surface area contributed by atoms with Crippen LogP contribution in [0.25, 0.3) is 0 Å². The Labute approximate surface area is 219 Å². The number of rotatable bonds is 15. The van der Waals surface area contributed by atoms with E-state index in [0.717, 1.165) is 5.56 Å². The number of hydrogen-bond donors (Lipinski definition) is 7. The lowest BCUT2D eigenvalue weighted by Crippen LogP contribution is -2.58. The van der Waals surface area contributed by atoms with Gasteiger partial charge in [0.25, 0.3) is 0 Å². The zero-order chi connectivity index (χ0) is 26.5. The van der Waals surface area contributed by atoms with E-state index in [-0.39, 0.29) is 25.0 Å². The zero-order valence-corrected chi connectivity index (χ0v) is 21.6. The highest BCUT2D eigenvalue weighted by molar-refractivity contribution is 7.98. The molecule has 0 bridgehead atoms. The molecule has 11 nitrogen and oxygen atoms in total. The topological polar surface area (TPSA) is 179 Å². The van der Waals surface area contributed by atoms with Gasteiger partial charge in [0, 0.05) is 30.5 Å². The molecule has 0 saturated heterocycles. The van der Waals surface area contributed by atoms with Crippen molar-refractivity contribution in [2.75, 3.05) is 17.8 Å². The maximum absolute atomic E-state index is 13.0. The third kappa shape index (κ3) is 9.55. The Bertz CT molecular complexity index is 992. The number of thiol groups is 1. The standard InChI is InChI=1S/C23H32N6O5S2/c1-36-8-7-17(23(33)34)27-21(31)18(9-14-5-3-2-4-6-14)28-22(32)19(12-35)29-20(30)16(24)10-15-11-25-13-26-15/h2-6,11,13,16-19,35H,7-10,12,24H2,1H3,(H,25,26)(H,27,31)(H,28,32)(H,29,30)(H,33,34). The summed E-state index contributed by atoms with van der Waals surface area (Å²) in [6.07, 6.45) is 5.41. The van der Waals surface area contributed by atoms with Crippen molar-refractivity contribution in [1.82, 2.24) is 25.9 Å². The molecular formula is C23H32N6O5S2. The van der Waals surface area contributed by atoms with Gasteiger partial charge in [-0.05, 0) is 24.0 Å². The number of aromatic nitrogens is 2. The number of aromatic amines is 1. The number of carbonyl (C=O) groups excluding carboxylic acids is 3. The van der Waals surface area contributed by atoms with Crippen molar-refractivity contribution in [1.29, 1.82) is 0 Å². The zero-order valence-electron chi connectivity index (χ0n) is 19.8. The minimum absolute atomic E-state index is 0.0422. The number of nitrogens with two attached hydrogens (primary N) is 1. The number of carboxylic acid groups (broad SMARTS) is 1. The summed E-state index contributed by atoms with van der Waals surface area (Å²) in [6.45, 7) is 0. The van der Waals surface area contributed by atoms with Gasteiger partial charge in [-0.2, -0.15) is 24.4 Å². The number of nitrogens with one attached hydrogen (secondary N) is 4. The van der Waals surface area contributed by atoms with E-state index in [9.17, 15) is 24.3 Å². The van der Waals surface area contributed by atoms with Crippen molar-refractivity contribution < 1.29 is 24.3 Å². The second-order valence-electron chi connectivity index (χ2n) is 8.06. The van der Waals surface area contributed by atoms with Crippen LogP contribution in [0.4, 0.5) is 0 Å². The highest BCUT2D eigenvalue weighted by Crippen LogP contribution is 2.07. The van der Waals surface area contributed by atoms with E-state index in [0.29, 0.717) is 11.4 Å². The lowest BCUT2D eigenvalue weighted by atomic mass is 10.0. The number of benzene rings is 1. The van der Waals surface area contributed by atoms with Crippen LogP contribution in [0.2, 0.25) is 0 Å². The molecule has 2 aromatic rings. The molecule has 0 aliphatic rings. The number of hydrogen-bond acceptors (Lipinski definition) is 8. The summed E-state index contributed by atoms with van der Waals surface area (Å²) in [5, 5.41) is 17.2. The molecule has 0 saturated carbocycles. The summed E-state index contributed by atoms with van der Waals surface area (Å²) in [5.41, 5.74) is 7.38. The Kier molecular flexibility index (Phi) is 12.3. The van der Waals surface area contributed by atoms with Crippen LogP contribution in [0.5, 0.6) is 0 Å². The maximum atomic E-state index is 13.0. The lowest BCUT2D eigenvalue weighted by molar-refractivity contribution is -0.142. The predicted octanol–water partition coefficient (Wildman–Crippen LogP) is -0.256. The molecule has 0 radical (unpaired) electrons. The monoisotopic (exact) mass is 536 g/mol. The maximum Gasteiger partial charge on any atom is 0.326 e. The van der Waals surface area contributed by atoms with Crippen LogP contribution in [0.3, 0.4) is 0 Å². The summed E-state index contributed by atoms with van der Waals surface area (Å²) in [4.78, 5) is 57.0. The Hall–Kier alpha value is -3.03.